The highest BCUT2D eigenvalue weighted by Crippen LogP contribution is 2.23. The van der Waals surface area contributed by atoms with Crippen molar-refractivity contribution in [3.8, 4) is 11.5 Å². The first-order valence-corrected chi connectivity index (χ1v) is 7.62. The predicted molar refractivity (Wildman–Crippen MR) is 90.8 cm³/mol. The molecule has 0 fully saturated rings. The summed E-state index contributed by atoms with van der Waals surface area (Å²) in [6.45, 7) is 7.92. The molecule has 0 aromatic heterocycles. The molecule has 0 spiro atoms. The lowest BCUT2D eigenvalue weighted by Gasteiger charge is -2.19. The first-order valence-electron chi connectivity index (χ1n) is 7.62. The molecule has 2 aromatic rings. The number of alkyl carbamates (subject to hydrolysis) is 1. The number of hydrogen-bond acceptors (Lipinski definition) is 3. The third kappa shape index (κ3) is 6.02. The second kappa shape index (κ2) is 7.18. The van der Waals surface area contributed by atoms with Crippen LogP contribution in [0.15, 0.2) is 48.5 Å². The highest BCUT2D eigenvalue weighted by Gasteiger charge is 2.15. The SMILES string of the molecule is Cc1cccc(Oc2cccc(CNC(=O)OC(C)(C)C)c2)c1. The Balaban J connectivity index is 1.96. The second-order valence-electron chi connectivity index (χ2n) is 6.42. The van der Waals surface area contributed by atoms with E-state index in [0.717, 1.165) is 22.6 Å². The van der Waals surface area contributed by atoms with Crippen molar-refractivity contribution in [3.63, 3.8) is 0 Å². The topological polar surface area (TPSA) is 47.6 Å². The maximum Gasteiger partial charge on any atom is 0.407 e. The van der Waals surface area contributed by atoms with Crippen LogP contribution >= 0.6 is 0 Å². The Labute approximate surface area is 137 Å². The zero-order valence-corrected chi connectivity index (χ0v) is 14.1. The summed E-state index contributed by atoms with van der Waals surface area (Å²) in [6.07, 6.45) is -0.428. The van der Waals surface area contributed by atoms with E-state index in [1.807, 2.05) is 76.2 Å². The summed E-state index contributed by atoms with van der Waals surface area (Å²) in [6, 6.07) is 15.5. The van der Waals surface area contributed by atoms with Gasteiger partial charge in [-0.1, -0.05) is 24.3 Å². The minimum atomic E-state index is -0.500. The number of aryl methyl sites for hydroxylation is 1. The number of ether oxygens (including phenoxy) is 2. The molecule has 1 N–H and O–H groups in total. The Morgan fingerprint density at radius 1 is 1.04 bits per heavy atom. The first-order chi connectivity index (χ1) is 10.8. The Hall–Kier alpha value is -2.49. The molecule has 4 nitrogen and oxygen atoms in total. The normalized spacial score (nSPS) is 11.0. The van der Waals surface area contributed by atoms with Crippen LogP contribution in [0, 0.1) is 6.92 Å². The summed E-state index contributed by atoms with van der Waals surface area (Å²) in [4.78, 5) is 11.7. The number of amides is 1. The van der Waals surface area contributed by atoms with Crippen molar-refractivity contribution in [2.45, 2.75) is 39.8 Å². The molecule has 0 aliphatic heterocycles. The van der Waals surface area contributed by atoms with Crippen LogP contribution in [-0.4, -0.2) is 11.7 Å². The smallest absolute Gasteiger partial charge is 0.407 e. The molecule has 0 atom stereocenters. The van der Waals surface area contributed by atoms with Gasteiger partial charge in [-0.05, 0) is 63.1 Å². The monoisotopic (exact) mass is 313 g/mol. The summed E-state index contributed by atoms with van der Waals surface area (Å²) in [5.74, 6) is 1.53. The van der Waals surface area contributed by atoms with Gasteiger partial charge in [-0.2, -0.15) is 0 Å². The summed E-state index contributed by atoms with van der Waals surface area (Å²) < 4.78 is 11.1. The molecule has 1 amide bonds. The van der Waals surface area contributed by atoms with E-state index < -0.39 is 11.7 Å². The van der Waals surface area contributed by atoms with E-state index in [-0.39, 0.29) is 0 Å². The van der Waals surface area contributed by atoms with E-state index in [2.05, 4.69) is 5.32 Å². The van der Waals surface area contributed by atoms with Gasteiger partial charge in [0, 0.05) is 6.54 Å². The molecule has 2 aromatic carbocycles. The molecular formula is C19H23NO3. The molecule has 0 aliphatic carbocycles. The molecule has 122 valence electrons. The summed E-state index contributed by atoms with van der Waals surface area (Å²) in [5, 5.41) is 2.74. The van der Waals surface area contributed by atoms with Gasteiger partial charge in [0.1, 0.15) is 17.1 Å². The summed E-state index contributed by atoms with van der Waals surface area (Å²) in [7, 11) is 0. The molecule has 0 radical (unpaired) electrons. The molecule has 23 heavy (non-hydrogen) atoms. The zero-order valence-electron chi connectivity index (χ0n) is 14.1. The molecule has 0 saturated carbocycles. The lowest BCUT2D eigenvalue weighted by molar-refractivity contribution is 0.0523. The van der Waals surface area contributed by atoms with E-state index in [1.165, 1.54) is 0 Å². The Morgan fingerprint density at radius 2 is 1.70 bits per heavy atom. The quantitative estimate of drug-likeness (QED) is 0.881. The van der Waals surface area contributed by atoms with Crippen molar-refractivity contribution in [1.29, 1.82) is 0 Å². The van der Waals surface area contributed by atoms with E-state index in [0.29, 0.717) is 6.54 Å². The van der Waals surface area contributed by atoms with E-state index in [1.54, 1.807) is 0 Å². The third-order valence-electron chi connectivity index (χ3n) is 2.96. The largest absolute Gasteiger partial charge is 0.457 e. The van der Waals surface area contributed by atoms with Crippen LogP contribution in [0.5, 0.6) is 11.5 Å². The van der Waals surface area contributed by atoms with Gasteiger partial charge in [-0.15, -0.1) is 0 Å². The van der Waals surface area contributed by atoms with Crippen LogP contribution < -0.4 is 10.1 Å². The number of nitrogens with one attached hydrogen (secondary N) is 1. The molecule has 0 unspecified atom stereocenters. The summed E-state index contributed by atoms with van der Waals surface area (Å²) >= 11 is 0. The van der Waals surface area contributed by atoms with Crippen molar-refractivity contribution in [3.05, 3.63) is 59.7 Å². The van der Waals surface area contributed by atoms with Gasteiger partial charge in [0.25, 0.3) is 0 Å². The maximum atomic E-state index is 11.7. The third-order valence-corrected chi connectivity index (χ3v) is 2.96. The fraction of sp³-hybridized carbons (Fsp3) is 0.316. The van der Waals surface area contributed by atoms with Crippen molar-refractivity contribution < 1.29 is 14.3 Å². The fourth-order valence-corrected chi connectivity index (χ4v) is 2.02. The van der Waals surface area contributed by atoms with Crippen LogP contribution in [0.1, 0.15) is 31.9 Å². The molecule has 0 bridgehead atoms. The molecule has 0 heterocycles. The van der Waals surface area contributed by atoms with E-state index >= 15 is 0 Å². The molecular weight excluding hydrogens is 290 g/mol. The van der Waals surface area contributed by atoms with E-state index in [4.69, 9.17) is 9.47 Å². The van der Waals surface area contributed by atoms with Crippen LogP contribution in [0.25, 0.3) is 0 Å². The van der Waals surface area contributed by atoms with Gasteiger partial charge in [0.15, 0.2) is 0 Å². The van der Waals surface area contributed by atoms with Crippen molar-refractivity contribution >= 4 is 6.09 Å². The fourth-order valence-electron chi connectivity index (χ4n) is 2.02. The number of carbonyl (C=O) groups excluding carboxylic acids is 1. The average molecular weight is 313 g/mol. The maximum absolute atomic E-state index is 11.7. The minimum absolute atomic E-state index is 0.389. The number of carbonyl (C=O) groups is 1. The Bertz CT molecular complexity index is 674. The lowest BCUT2D eigenvalue weighted by atomic mass is 10.2. The Kier molecular flexibility index (Phi) is 5.27. The van der Waals surface area contributed by atoms with Crippen LogP contribution in [-0.2, 0) is 11.3 Å². The average Bonchev–Trinajstić information content (AvgIpc) is 2.44. The molecule has 2 rings (SSSR count). The van der Waals surface area contributed by atoms with E-state index in [9.17, 15) is 4.79 Å². The number of hydrogen-bond donors (Lipinski definition) is 1. The highest BCUT2D eigenvalue weighted by atomic mass is 16.6. The zero-order chi connectivity index (χ0) is 16.9. The van der Waals surface area contributed by atoms with Crippen LogP contribution in [0.3, 0.4) is 0 Å². The van der Waals surface area contributed by atoms with Crippen molar-refractivity contribution in [2.75, 3.05) is 0 Å². The van der Waals surface area contributed by atoms with Gasteiger partial charge in [-0.3, -0.25) is 0 Å². The molecule has 0 aliphatic rings. The first kappa shape index (κ1) is 16.9. The molecule has 0 saturated heterocycles. The lowest BCUT2D eigenvalue weighted by Crippen LogP contribution is -2.32. The molecule has 4 heteroatoms. The van der Waals surface area contributed by atoms with Crippen LogP contribution in [0.4, 0.5) is 4.79 Å². The van der Waals surface area contributed by atoms with Gasteiger partial charge in [-0.25, -0.2) is 4.79 Å². The number of benzene rings is 2. The second-order valence-corrected chi connectivity index (χ2v) is 6.42. The number of rotatable bonds is 4. The van der Waals surface area contributed by atoms with Crippen LogP contribution in [0.2, 0.25) is 0 Å². The van der Waals surface area contributed by atoms with Gasteiger partial charge in [0.2, 0.25) is 0 Å². The standard InChI is InChI=1S/C19H23NO3/c1-14-7-5-9-16(11-14)22-17-10-6-8-15(12-17)13-20-18(21)23-19(2,3)4/h5-12H,13H2,1-4H3,(H,20,21). The van der Waals surface area contributed by atoms with Gasteiger partial charge < -0.3 is 14.8 Å². The van der Waals surface area contributed by atoms with Gasteiger partial charge in [0.05, 0.1) is 0 Å². The minimum Gasteiger partial charge on any atom is -0.457 e. The highest BCUT2D eigenvalue weighted by molar-refractivity contribution is 5.67. The van der Waals surface area contributed by atoms with Crippen molar-refractivity contribution in [1.82, 2.24) is 5.32 Å². The van der Waals surface area contributed by atoms with Crippen molar-refractivity contribution in [2.24, 2.45) is 0 Å². The van der Waals surface area contributed by atoms with Gasteiger partial charge >= 0.3 is 6.09 Å². The Morgan fingerprint density at radius 3 is 2.35 bits per heavy atom. The predicted octanol–water partition coefficient (Wildman–Crippen LogP) is 4.81. The summed E-state index contributed by atoms with van der Waals surface area (Å²) in [5.41, 5.74) is 1.59.